The molecule has 1 rings (SSSR count). The fourth-order valence-corrected chi connectivity index (χ4v) is 0.740. The standard InChI is InChI=1S/C8H7F3O.C2H5NO2/c1-6-2-4-7(5-3-6)12-8(9,10)11;3-1-2(4)5/h2-5H,1H3;1,3H2,(H,4,5). The summed E-state index contributed by atoms with van der Waals surface area (Å²) >= 11 is 0. The number of carboxylic acid groups (broad SMARTS) is 1. The van der Waals surface area contributed by atoms with Crippen molar-refractivity contribution in [2.24, 2.45) is 5.73 Å². The zero-order chi connectivity index (χ0) is 13.5. The summed E-state index contributed by atoms with van der Waals surface area (Å²) in [7, 11) is 0. The molecule has 0 heterocycles. The summed E-state index contributed by atoms with van der Waals surface area (Å²) in [6.07, 6.45) is -4.60. The van der Waals surface area contributed by atoms with Crippen LogP contribution in [0.1, 0.15) is 5.56 Å². The van der Waals surface area contributed by atoms with Gasteiger partial charge in [0.15, 0.2) is 0 Å². The van der Waals surface area contributed by atoms with E-state index in [0.29, 0.717) is 0 Å². The highest BCUT2D eigenvalue weighted by Gasteiger charge is 2.30. The first-order valence-corrected chi connectivity index (χ1v) is 4.49. The van der Waals surface area contributed by atoms with E-state index < -0.39 is 12.3 Å². The Hall–Kier alpha value is -1.76. The lowest BCUT2D eigenvalue weighted by Gasteiger charge is -2.08. The van der Waals surface area contributed by atoms with E-state index in [2.05, 4.69) is 10.5 Å². The number of alkyl halides is 3. The number of aryl methyl sites for hydroxylation is 1. The van der Waals surface area contributed by atoms with Gasteiger partial charge >= 0.3 is 12.3 Å². The maximum atomic E-state index is 11.6. The van der Waals surface area contributed by atoms with Crippen molar-refractivity contribution < 1.29 is 27.8 Å². The van der Waals surface area contributed by atoms with E-state index in [-0.39, 0.29) is 12.3 Å². The summed E-state index contributed by atoms with van der Waals surface area (Å²) < 4.78 is 38.5. The topological polar surface area (TPSA) is 72.5 Å². The predicted molar refractivity (Wildman–Crippen MR) is 54.6 cm³/mol. The van der Waals surface area contributed by atoms with Crippen molar-refractivity contribution in [3.05, 3.63) is 29.8 Å². The van der Waals surface area contributed by atoms with Gasteiger partial charge in [0.2, 0.25) is 0 Å². The highest BCUT2D eigenvalue weighted by atomic mass is 19.4. The van der Waals surface area contributed by atoms with Crippen LogP contribution in [0.25, 0.3) is 0 Å². The van der Waals surface area contributed by atoms with Crippen molar-refractivity contribution in [2.45, 2.75) is 13.3 Å². The number of halogens is 3. The molecule has 4 nitrogen and oxygen atoms in total. The van der Waals surface area contributed by atoms with Gasteiger partial charge in [0.25, 0.3) is 0 Å². The molecule has 0 spiro atoms. The summed E-state index contributed by atoms with van der Waals surface area (Å²) in [6, 6.07) is 5.67. The van der Waals surface area contributed by atoms with Crippen LogP contribution in [0.2, 0.25) is 0 Å². The van der Waals surface area contributed by atoms with E-state index in [1.807, 2.05) is 0 Å². The van der Waals surface area contributed by atoms with Crippen LogP contribution in [0.3, 0.4) is 0 Å². The van der Waals surface area contributed by atoms with Crippen molar-refractivity contribution in [3.63, 3.8) is 0 Å². The van der Waals surface area contributed by atoms with Gasteiger partial charge in [0.1, 0.15) is 5.75 Å². The van der Waals surface area contributed by atoms with Gasteiger partial charge in [0, 0.05) is 0 Å². The fourth-order valence-electron chi connectivity index (χ4n) is 0.740. The maximum absolute atomic E-state index is 11.6. The Kier molecular flexibility index (Phi) is 6.05. The van der Waals surface area contributed by atoms with Crippen LogP contribution in [0, 0.1) is 6.92 Å². The summed E-state index contributed by atoms with van der Waals surface area (Å²) in [5, 5.41) is 7.60. The molecule has 0 bridgehead atoms. The van der Waals surface area contributed by atoms with E-state index in [9.17, 15) is 18.0 Å². The molecule has 0 aromatic heterocycles. The van der Waals surface area contributed by atoms with Crippen LogP contribution in [0.15, 0.2) is 24.3 Å². The SMILES string of the molecule is Cc1ccc(OC(F)(F)F)cc1.NCC(=O)O. The minimum absolute atomic E-state index is 0.187. The lowest BCUT2D eigenvalue weighted by atomic mass is 10.2. The molecule has 1 aromatic rings. The summed E-state index contributed by atoms with van der Waals surface area (Å²) in [6.45, 7) is 1.51. The average molecular weight is 251 g/mol. The minimum Gasteiger partial charge on any atom is -0.480 e. The molecule has 96 valence electrons. The summed E-state index contributed by atoms with van der Waals surface area (Å²) in [5.41, 5.74) is 5.46. The number of benzene rings is 1. The Balaban J connectivity index is 0.000000437. The van der Waals surface area contributed by atoms with Gasteiger partial charge in [-0.2, -0.15) is 0 Å². The lowest BCUT2D eigenvalue weighted by molar-refractivity contribution is -0.274. The van der Waals surface area contributed by atoms with Gasteiger partial charge < -0.3 is 15.6 Å². The first-order valence-electron chi connectivity index (χ1n) is 4.49. The number of aliphatic carboxylic acids is 1. The molecule has 0 atom stereocenters. The number of nitrogens with two attached hydrogens (primary N) is 1. The third-order valence-corrected chi connectivity index (χ3v) is 1.43. The van der Waals surface area contributed by atoms with Crippen LogP contribution in [0.4, 0.5) is 13.2 Å². The predicted octanol–water partition coefficient (Wildman–Crippen LogP) is 1.92. The van der Waals surface area contributed by atoms with Crippen molar-refractivity contribution >= 4 is 5.97 Å². The largest absolute Gasteiger partial charge is 0.573 e. The zero-order valence-electron chi connectivity index (χ0n) is 8.99. The van der Waals surface area contributed by atoms with E-state index in [4.69, 9.17) is 5.11 Å². The van der Waals surface area contributed by atoms with Gasteiger partial charge in [0.05, 0.1) is 6.54 Å². The quantitative estimate of drug-likeness (QED) is 0.842. The lowest BCUT2D eigenvalue weighted by Crippen LogP contribution is -2.16. The molecule has 0 saturated heterocycles. The van der Waals surface area contributed by atoms with Crippen LogP contribution < -0.4 is 10.5 Å². The van der Waals surface area contributed by atoms with Gasteiger partial charge in [-0.15, -0.1) is 13.2 Å². The van der Waals surface area contributed by atoms with Gasteiger partial charge in [-0.1, -0.05) is 17.7 Å². The number of carbonyl (C=O) groups is 1. The molecule has 3 N–H and O–H groups in total. The highest BCUT2D eigenvalue weighted by molar-refractivity contribution is 5.68. The zero-order valence-corrected chi connectivity index (χ0v) is 8.99. The number of hydrogen-bond donors (Lipinski definition) is 2. The molecule has 0 amide bonds. The first kappa shape index (κ1) is 15.2. The molecule has 0 fully saturated rings. The van der Waals surface area contributed by atoms with Gasteiger partial charge in [-0.3, -0.25) is 4.79 Å². The smallest absolute Gasteiger partial charge is 0.480 e. The fraction of sp³-hybridized carbons (Fsp3) is 0.300. The molecule has 1 aromatic carbocycles. The summed E-state index contributed by atoms with van der Waals surface area (Å²) in [4.78, 5) is 9.24. The van der Waals surface area contributed by atoms with Gasteiger partial charge in [-0.05, 0) is 19.1 Å². The number of ether oxygens (including phenoxy) is 1. The molecule has 0 aliphatic heterocycles. The van der Waals surface area contributed by atoms with Crippen molar-refractivity contribution in [1.29, 1.82) is 0 Å². The second-order valence-corrected chi connectivity index (χ2v) is 2.96. The second kappa shape index (κ2) is 6.74. The third-order valence-electron chi connectivity index (χ3n) is 1.43. The Morgan fingerprint density at radius 3 is 2.06 bits per heavy atom. The van der Waals surface area contributed by atoms with Crippen LogP contribution in [-0.4, -0.2) is 24.0 Å². The van der Waals surface area contributed by atoms with E-state index in [1.54, 1.807) is 19.1 Å². The Morgan fingerprint density at radius 2 is 1.76 bits per heavy atom. The van der Waals surface area contributed by atoms with Gasteiger partial charge in [-0.25, -0.2) is 0 Å². The number of carboxylic acids is 1. The van der Waals surface area contributed by atoms with Crippen LogP contribution in [0.5, 0.6) is 5.75 Å². The minimum atomic E-state index is -4.60. The second-order valence-electron chi connectivity index (χ2n) is 2.96. The Bertz CT molecular complexity index is 349. The van der Waals surface area contributed by atoms with Crippen molar-refractivity contribution in [1.82, 2.24) is 0 Å². The molecular formula is C10H12F3NO3. The maximum Gasteiger partial charge on any atom is 0.573 e. The van der Waals surface area contributed by atoms with Crippen LogP contribution in [-0.2, 0) is 4.79 Å². The molecule has 0 saturated carbocycles. The first-order chi connectivity index (χ1) is 7.74. The molecule has 0 aliphatic carbocycles. The van der Waals surface area contributed by atoms with Crippen LogP contribution >= 0.6 is 0 Å². The highest BCUT2D eigenvalue weighted by Crippen LogP contribution is 2.22. The Labute approximate surface area is 95.8 Å². The van der Waals surface area contributed by atoms with E-state index in [1.165, 1.54) is 12.1 Å². The molecule has 0 unspecified atom stereocenters. The molecule has 0 aliphatic rings. The van der Waals surface area contributed by atoms with Crippen molar-refractivity contribution in [3.8, 4) is 5.75 Å². The number of rotatable bonds is 2. The number of hydrogen-bond acceptors (Lipinski definition) is 3. The molecule has 0 radical (unpaired) electrons. The average Bonchev–Trinajstić information content (AvgIpc) is 2.20. The molecule has 17 heavy (non-hydrogen) atoms. The van der Waals surface area contributed by atoms with E-state index in [0.717, 1.165) is 5.56 Å². The normalized spacial score (nSPS) is 10.2. The summed E-state index contributed by atoms with van der Waals surface area (Å²) in [5.74, 6) is -1.15. The molecule has 7 heteroatoms. The van der Waals surface area contributed by atoms with Crippen molar-refractivity contribution in [2.75, 3.05) is 6.54 Å². The Morgan fingerprint density at radius 1 is 1.35 bits per heavy atom. The van der Waals surface area contributed by atoms with E-state index >= 15 is 0 Å². The third kappa shape index (κ3) is 9.19. The molecular weight excluding hydrogens is 239 g/mol. The monoisotopic (exact) mass is 251 g/mol.